The van der Waals surface area contributed by atoms with Crippen LogP contribution in [0.1, 0.15) is 31.0 Å². The average Bonchev–Trinajstić information content (AvgIpc) is 2.64. The maximum atomic E-state index is 14.0. The van der Waals surface area contributed by atoms with Gasteiger partial charge >= 0.3 is 6.01 Å². The number of alkyl halides is 1. The molecule has 0 aliphatic heterocycles. The molecule has 0 fully saturated rings. The first-order chi connectivity index (χ1) is 12.9. The molecule has 1 aromatic heterocycles. The molecule has 142 valence electrons. The molecule has 1 aliphatic rings. The molecule has 4 nitrogen and oxygen atoms in total. The summed E-state index contributed by atoms with van der Waals surface area (Å²) >= 11 is 0. The third kappa shape index (κ3) is 5.36. The first-order valence-electron chi connectivity index (χ1n) is 8.91. The fourth-order valence-corrected chi connectivity index (χ4v) is 2.80. The zero-order chi connectivity index (χ0) is 19.3. The lowest BCUT2D eigenvalue weighted by atomic mass is 9.96. The lowest BCUT2D eigenvalue weighted by Crippen LogP contribution is -2.17. The minimum absolute atomic E-state index is 0.0943. The second-order valence-electron chi connectivity index (χ2n) is 6.81. The molecular weight excluding hydrogens is 350 g/mol. The van der Waals surface area contributed by atoms with E-state index in [1.54, 1.807) is 24.3 Å². The number of ether oxygens (including phenoxy) is 1. The minimum Gasteiger partial charge on any atom is -0.508 e. The molecule has 0 spiro atoms. The minimum atomic E-state index is -1.32. The number of aromatic hydroxyl groups is 1. The largest absolute Gasteiger partial charge is 0.508 e. The highest BCUT2D eigenvalue weighted by Crippen LogP contribution is 2.24. The number of halogens is 2. The molecule has 27 heavy (non-hydrogen) atoms. The lowest BCUT2D eigenvalue weighted by molar-refractivity contribution is 0.256. The molecule has 1 atom stereocenters. The van der Waals surface area contributed by atoms with Crippen molar-refractivity contribution in [1.29, 1.82) is 0 Å². The van der Waals surface area contributed by atoms with Crippen LogP contribution in [0.25, 0.3) is 0 Å². The predicted octanol–water partition coefficient (Wildman–Crippen LogP) is 4.49. The van der Waals surface area contributed by atoms with Gasteiger partial charge in [-0.2, -0.15) is 4.98 Å². The highest BCUT2D eigenvalue weighted by atomic mass is 19.1. The fourth-order valence-electron chi connectivity index (χ4n) is 2.80. The molecule has 3 rings (SSSR count). The molecular formula is C21H22F2N2O2. The topological polar surface area (TPSA) is 55.2 Å². The number of benzene rings is 1. The second kappa shape index (κ2) is 8.29. The number of hydrogen-bond acceptors (Lipinski definition) is 4. The zero-order valence-electron chi connectivity index (χ0n) is 15.2. The molecule has 1 heterocycles. The van der Waals surface area contributed by atoms with E-state index in [0.29, 0.717) is 25.7 Å². The molecule has 1 aliphatic carbocycles. The van der Waals surface area contributed by atoms with Crippen LogP contribution in [0, 0.1) is 5.82 Å². The SMILES string of the molecule is CC1(F)C=CC(COc2ncc(F)c(CCCc3ccccc3O)n2)=CC1. The number of rotatable bonds is 7. The summed E-state index contributed by atoms with van der Waals surface area (Å²) in [5, 5.41) is 9.78. The molecule has 2 aromatic rings. The van der Waals surface area contributed by atoms with Crippen molar-refractivity contribution in [3.05, 3.63) is 71.3 Å². The van der Waals surface area contributed by atoms with Crippen LogP contribution < -0.4 is 4.74 Å². The van der Waals surface area contributed by atoms with Gasteiger partial charge in [-0.15, -0.1) is 0 Å². The molecule has 0 saturated carbocycles. The van der Waals surface area contributed by atoms with Crippen LogP contribution >= 0.6 is 0 Å². The Bertz CT molecular complexity index is 863. The van der Waals surface area contributed by atoms with Gasteiger partial charge in [0, 0.05) is 6.42 Å². The van der Waals surface area contributed by atoms with Crippen molar-refractivity contribution in [2.75, 3.05) is 6.61 Å². The van der Waals surface area contributed by atoms with Crippen LogP contribution in [0.2, 0.25) is 0 Å². The molecule has 0 amide bonds. The van der Waals surface area contributed by atoms with Crippen molar-refractivity contribution < 1.29 is 18.6 Å². The molecule has 0 saturated heterocycles. The Morgan fingerprint density at radius 1 is 1.26 bits per heavy atom. The second-order valence-corrected chi connectivity index (χ2v) is 6.81. The van der Waals surface area contributed by atoms with E-state index in [0.717, 1.165) is 17.3 Å². The van der Waals surface area contributed by atoms with E-state index in [2.05, 4.69) is 9.97 Å². The Kier molecular flexibility index (Phi) is 5.84. The summed E-state index contributed by atoms with van der Waals surface area (Å²) in [6.45, 7) is 1.72. The van der Waals surface area contributed by atoms with Gasteiger partial charge in [-0.3, -0.25) is 0 Å². The number of aryl methyl sites for hydroxylation is 2. The summed E-state index contributed by atoms with van der Waals surface area (Å²) in [6, 6.07) is 7.18. The van der Waals surface area contributed by atoms with Gasteiger partial charge in [0.15, 0.2) is 5.82 Å². The van der Waals surface area contributed by atoms with E-state index >= 15 is 0 Å². The van der Waals surface area contributed by atoms with Gasteiger partial charge in [-0.1, -0.05) is 30.4 Å². The lowest BCUT2D eigenvalue weighted by Gasteiger charge is -2.18. The van der Waals surface area contributed by atoms with Crippen LogP contribution in [0.4, 0.5) is 8.78 Å². The van der Waals surface area contributed by atoms with E-state index in [9.17, 15) is 13.9 Å². The van der Waals surface area contributed by atoms with Gasteiger partial charge in [0.25, 0.3) is 0 Å². The normalized spacial score (nSPS) is 19.0. The van der Waals surface area contributed by atoms with Crippen molar-refractivity contribution >= 4 is 0 Å². The molecule has 1 unspecified atom stereocenters. The van der Waals surface area contributed by atoms with Crippen LogP contribution in [-0.2, 0) is 12.8 Å². The van der Waals surface area contributed by atoms with E-state index in [-0.39, 0.29) is 24.1 Å². The van der Waals surface area contributed by atoms with E-state index in [1.165, 1.54) is 13.0 Å². The monoisotopic (exact) mass is 372 g/mol. The number of aromatic nitrogens is 2. The number of nitrogens with zero attached hydrogens (tertiary/aromatic N) is 2. The van der Waals surface area contributed by atoms with Gasteiger partial charge in [0.05, 0.1) is 11.9 Å². The smallest absolute Gasteiger partial charge is 0.317 e. The van der Waals surface area contributed by atoms with E-state index < -0.39 is 11.5 Å². The standard InChI is InChI=1S/C21H22F2N2O2/c1-21(23)11-9-15(10-12-21)14-27-20-24-13-17(22)18(25-20)7-4-6-16-5-2-3-8-19(16)26/h2-3,5,8-11,13,26H,4,6-7,12,14H2,1H3. The summed E-state index contributed by atoms with van der Waals surface area (Å²) in [4.78, 5) is 8.00. The maximum Gasteiger partial charge on any atom is 0.317 e. The van der Waals surface area contributed by atoms with Crippen LogP contribution in [0.3, 0.4) is 0 Å². The quantitative estimate of drug-likeness (QED) is 0.778. The Morgan fingerprint density at radius 2 is 2.07 bits per heavy atom. The Labute approximate surface area is 157 Å². The summed E-state index contributed by atoms with van der Waals surface area (Å²) in [5.41, 5.74) is 0.606. The zero-order valence-corrected chi connectivity index (χ0v) is 15.2. The molecule has 6 heteroatoms. The van der Waals surface area contributed by atoms with Crippen LogP contribution in [0.15, 0.2) is 54.3 Å². The third-order valence-corrected chi connectivity index (χ3v) is 4.42. The number of allylic oxidation sites excluding steroid dienone is 2. The highest BCUT2D eigenvalue weighted by molar-refractivity contribution is 5.32. The van der Waals surface area contributed by atoms with Gasteiger partial charge < -0.3 is 9.84 Å². The molecule has 0 radical (unpaired) electrons. The van der Waals surface area contributed by atoms with Crippen LogP contribution in [-0.4, -0.2) is 27.4 Å². The van der Waals surface area contributed by atoms with Crippen molar-refractivity contribution in [1.82, 2.24) is 9.97 Å². The van der Waals surface area contributed by atoms with E-state index in [1.807, 2.05) is 12.1 Å². The number of phenols is 1. The molecule has 1 aromatic carbocycles. The number of para-hydroxylation sites is 1. The predicted molar refractivity (Wildman–Crippen MR) is 99.0 cm³/mol. The van der Waals surface area contributed by atoms with Crippen molar-refractivity contribution in [2.24, 2.45) is 0 Å². The summed E-state index contributed by atoms with van der Waals surface area (Å²) in [7, 11) is 0. The maximum absolute atomic E-state index is 14.0. The van der Waals surface area contributed by atoms with Crippen molar-refractivity contribution in [3.8, 4) is 11.8 Å². The summed E-state index contributed by atoms with van der Waals surface area (Å²) in [5.74, 6) is -0.243. The van der Waals surface area contributed by atoms with Crippen molar-refractivity contribution in [3.63, 3.8) is 0 Å². The fraction of sp³-hybridized carbons (Fsp3) is 0.333. The Balaban J connectivity index is 1.55. The molecule has 0 bridgehead atoms. The average molecular weight is 372 g/mol. The highest BCUT2D eigenvalue weighted by Gasteiger charge is 2.21. The third-order valence-electron chi connectivity index (χ3n) is 4.42. The van der Waals surface area contributed by atoms with Gasteiger partial charge in [0.2, 0.25) is 0 Å². The number of phenolic OH excluding ortho intramolecular Hbond substituents is 1. The van der Waals surface area contributed by atoms with Crippen LogP contribution in [0.5, 0.6) is 11.8 Å². The summed E-state index contributed by atoms with van der Waals surface area (Å²) in [6.07, 6.45) is 8.01. The van der Waals surface area contributed by atoms with Gasteiger partial charge in [-0.05, 0) is 49.5 Å². The molecule has 1 N–H and O–H groups in total. The van der Waals surface area contributed by atoms with Gasteiger partial charge in [0.1, 0.15) is 18.0 Å². The van der Waals surface area contributed by atoms with E-state index in [4.69, 9.17) is 4.74 Å². The Morgan fingerprint density at radius 3 is 2.81 bits per heavy atom. The first kappa shape index (κ1) is 19.0. The first-order valence-corrected chi connectivity index (χ1v) is 8.91. The summed E-state index contributed by atoms with van der Waals surface area (Å²) < 4.78 is 33.2. The van der Waals surface area contributed by atoms with Crippen molar-refractivity contribution in [2.45, 2.75) is 38.3 Å². The Hall–Kier alpha value is -2.76. The number of hydrogen-bond donors (Lipinski definition) is 1. The van der Waals surface area contributed by atoms with Gasteiger partial charge in [-0.25, -0.2) is 13.8 Å².